The molecule has 1 fully saturated rings. The van der Waals surface area contributed by atoms with Crippen LogP contribution in [-0.2, 0) is 4.74 Å². The third-order valence-electron chi connectivity index (χ3n) is 5.64. The third-order valence-corrected chi connectivity index (χ3v) is 6.83. The number of ketones is 1. The van der Waals surface area contributed by atoms with Gasteiger partial charge in [-0.05, 0) is 57.9 Å². The fourth-order valence-corrected chi connectivity index (χ4v) is 4.86. The van der Waals surface area contributed by atoms with Crippen LogP contribution in [0.1, 0.15) is 56.0 Å². The summed E-state index contributed by atoms with van der Waals surface area (Å²) in [6.45, 7) is 5.41. The Kier molecular flexibility index (Phi) is 6.06. The van der Waals surface area contributed by atoms with Crippen molar-refractivity contribution in [2.45, 2.75) is 39.7 Å². The number of ether oxygens (including phenoxy) is 3. The van der Waals surface area contributed by atoms with Crippen LogP contribution in [0.2, 0.25) is 0 Å². The van der Waals surface area contributed by atoms with Crippen LogP contribution < -0.4 is 9.47 Å². The number of aryl methyl sites for hydroxylation is 2. The van der Waals surface area contributed by atoms with Crippen LogP contribution in [0.5, 0.6) is 11.5 Å². The minimum Gasteiger partial charge on any atom is -0.493 e. The number of carbonyl (C=O) groups is 2. The second kappa shape index (κ2) is 8.78. The Balaban J connectivity index is 1.47. The van der Waals surface area contributed by atoms with E-state index >= 15 is 0 Å². The minimum absolute atomic E-state index is 0.194. The molecule has 1 aliphatic rings. The molecule has 0 N–H and O–H groups in total. The number of aromatic nitrogens is 2. The van der Waals surface area contributed by atoms with E-state index in [2.05, 4.69) is 9.55 Å². The molecule has 2 heterocycles. The first kappa shape index (κ1) is 22.1. The highest BCUT2D eigenvalue weighted by Crippen LogP contribution is 2.38. The van der Waals surface area contributed by atoms with Crippen LogP contribution in [-0.4, -0.2) is 42.1 Å². The molecular formula is C24H26N2O5S. The van der Waals surface area contributed by atoms with Gasteiger partial charge in [-0.15, -0.1) is 11.3 Å². The predicted molar refractivity (Wildman–Crippen MR) is 122 cm³/mol. The number of hydrogen-bond acceptors (Lipinski definition) is 7. The lowest BCUT2D eigenvalue weighted by Crippen LogP contribution is -2.15. The molecule has 0 radical (unpaired) electrons. The summed E-state index contributed by atoms with van der Waals surface area (Å²) in [5, 5.41) is 0.662. The van der Waals surface area contributed by atoms with Crippen molar-refractivity contribution in [2.24, 2.45) is 0 Å². The van der Waals surface area contributed by atoms with Crippen molar-refractivity contribution < 1.29 is 23.8 Å². The molecule has 7 nitrogen and oxygen atoms in total. The van der Waals surface area contributed by atoms with E-state index in [1.54, 1.807) is 27.2 Å². The Hall–Kier alpha value is -3.13. The van der Waals surface area contributed by atoms with Gasteiger partial charge >= 0.3 is 5.97 Å². The van der Waals surface area contributed by atoms with Crippen molar-refractivity contribution in [3.8, 4) is 22.1 Å². The average Bonchev–Trinajstić information content (AvgIpc) is 3.47. The van der Waals surface area contributed by atoms with Gasteiger partial charge in [-0.25, -0.2) is 9.78 Å². The van der Waals surface area contributed by atoms with Crippen molar-refractivity contribution in [1.29, 1.82) is 0 Å². The number of hydrogen-bond donors (Lipinski definition) is 0. The van der Waals surface area contributed by atoms with Gasteiger partial charge in [-0.2, -0.15) is 0 Å². The molecule has 0 aliphatic heterocycles. The normalized spacial score (nSPS) is 13.2. The van der Waals surface area contributed by atoms with Crippen molar-refractivity contribution in [2.75, 3.05) is 20.8 Å². The zero-order chi connectivity index (χ0) is 23.0. The molecule has 0 spiro atoms. The highest BCUT2D eigenvalue weighted by molar-refractivity contribution is 7.17. The van der Waals surface area contributed by atoms with E-state index in [0.717, 1.165) is 29.8 Å². The topological polar surface area (TPSA) is 79.7 Å². The number of Topliss-reactive ketones (excluding diaryl/α,β-unsaturated/α-hetero) is 1. The van der Waals surface area contributed by atoms with Crippen LogP contribution >= 0.6 is 11.3 Å². The highest BCUT2D eigenvalue weighted by Gasteiger charge is 2.28. The first-order valence-electron chi connectivity index (χ1n) is 10.4. The first-order chi connectivity index (χ1) is 15.3. The number of esters is 1. The van der Waals surface area contributed by atoms with E-state index in [0.29, 0.717) is 38.7 Å². The Morgan fingerprint density at radius 3 is 2.47 bits per heavy atom. The van der Waals surface area contributed by atoms with Gasteiger partial charge in [0, 0.05) is 28.6 Å². The average molecular weight is 455 g/mol. The quantitative estimate of drug-likeness (QED) is 0.355. The molecule has 1 saturated carbocycles. The third kappa shape index (κ3) is 4.14. The summed E-state index contributed by atoms with van der Waals surface area (Å²) < 4.78 is 18.2. The second-order valence-corrected chi connectivity index (χ2v) is 8.89. The molecule has 2 aromatic heterocycles. The zero-order valence-electron chi connectivity index (χ0n) is 18.9. The molecule has 8 heteroatoms. The van der Waals surface area contributed by atoms with Gasteiger partial charge in [0.1, 0.15) is 9.88 Å². The van der Waals surface area contributed by atoms with Crippen molar-refractivity contribution >= 4 is 23.1 Å². The number of rotatable bonds is 8. The van der Waals surface area contributed by atoms with Crippen molar-refractivity contribution in [1.82, 2.24) is 9.55 Å². The van der Waals surface area contributed by atoms with Crippen LogP contribution in [0.15, 0.2) is 24.3 Å². The molecule has 1 aliphatic carbocycles. The molecule has 0 atom stereocenters. The maximum Gasteiger partial charge on any atom is 0.350 e. The molecule has 3 aromatic rings. The molecule has 168 valence electrons. The molecular weight excluding hydrogens is 428 g/mol. The summed E-state index contributed by atoms with van der Waals surface area (Å²) in [6, 6.07) is 7.84. The summed E-state index contributed by atoms with van der Waals surface area (Å²) in [6.07, 6.45) is 2.29. The summed E-state index contributed by atoms with van der Waals surface area (Å²) in [4.78, 5) is 30.3. The van der Waals surface area contributed by atoms with Crippen LogP contribution in [0.3, 0.4) is 0 Å². The number of carbonyl (C=O) groups excluding carboxylic acids is 2. The van der Waals surface area contributed by atoms with Crippen LogP contribution in [0.4, 0.5) is 0 Å². The van der Waals surface area contributed by atoms with E-state index in [1.165, 1.54) is 11.3 Å². The molecule has 0 bridgehead atoms. The fraction of sp³-hybridized carbons (Fsp3) is 0.375. The number of nitrogens with zero attached hydrogens (tertiary/aromatic N) is 2. The first-order valence-corrected chi connectivity index (χ1v) is 11.2. The van der Waals surface area contributed by atoms with Gasteiger partial charge in [0.05, 0.1) is 19.9 Å². The monoisotopic (exact) mass is 454 g/mol. The van der Waals surface area contributed by atoms with Crippen molar-refractivity contribution in [3.63, 3.8) is 0 Å². The number of methoxy groups -OCH3 is 2. The Labute approximate surface area is 190 Å². The van der Waals surface area contributed by atoms with Gasteiger partial charge < -0.3 is 18.8 Å². The SMILES string of the molecule is COc1ccc(-c2nc(C)c(C(=O)OCC(=O)c3cc(C)n(C4CC4)c3C)s2)cc1OC. The van der Waals surface area contributed by atoms with Crippen LogP contribution in [0, 0.1) is 20.8 Å². The maximum atomic E-state index is 12.7. The van der Waals surface area contributed by atoms with Gasteiger partial charge in [0.2, 0.25) is 5.78 Å². The predicted octanol–water partition coefficient (Wildman–Crippen LogP) is 4.93. The van der Waals surface area contributed by atoms with E-state index in [9.17, 15) is 9.59 Å². The smallest absolute Gasteiger partial charge is 0.350 e. The summed E-state index contributed by atoms with van der Waals surface area (Å²) >= 11 is 1.23. The maximum absolute atomic E-state index is 12.7. The lowest BCUT2D eigenvalue weighted by molar-refractivity contribution is 0.0478. The summed E-state index contributed by atoms with van der Waals surface area (Å²) in [5.41, 5.74) is 3.99. The van der Waals surface area contributed by atoms with E-state index < -0.39 is 5.97 Å². The van der Waals surface area contributed by atoms with Crippen LogP contribution in [0.25, 0.3) is 10.6 Å². The van der Waals surface area contributed by atoms with Gasteiger partial charge in [0.25, 0.3) is 0 Å². The Bertz CT molecular complexity index is 1190. The zero-order valence-corrected chi connectivity index (χ0v) is 19.7. The Morgan fingerprint density at radius 1 is 1.09 bits per heavy atom. The largest absolute Gasteiger partial charge is 0.493 e. The summed E-state index contributed by atoms with van der Waals surface area (Å²) in [5.74, 6) is 0.455. The summed E-state index contributed by atoms with van der Waals surface area (Å²) in [7, 11) is 3.14. The molecule has 4 rings (SSSR count). The van der Waals surface area contributed by atoms with Crippen molar-refractivity contribution in [3.05, 3.63) is 51.8 Å². The van der Waals surface area contributed by atoms with Gasteiger partial charge in [-0.3, -0.25) is 4.79 Å². The van der Waals surface area contributed by atoms with E-state index in [1.807, 2.05) is 32.0 Å². The number of thiazole rings is 1. The Morgan fingerprint density at radius 2 is 1.81 bits per heavy atom. The molecule has 1 aromatic carbocycles. The lowest BCUT2D eigenvalue weighted by atomic mass is 10.1. The van der Waals surface area contributed by atoms with E-state index in [-0.39, 0.29) is 12.4 Å². The second-order valence-electron chi connectivity index (χ2n) is 7.89. The minimum atomic E-state index is -0.545. The lowest BCUT2D eigenvalue weighted by Gasteiger charge is -2.08. The standard InChI is InChI=1S/C24H26N2O5S/c1-13-10-18(15(3)26(13)17-7-8-17)19(27)12-31-24(28)22-14(2)25-23(32-22)16-6-9-20(29-4)21(11-16)30-5/h6,9-11,17H,7-8,12H2,1-5H3. The fourth-order valence-electron chi connectivity index (χ4n) is 3.91. The van der Waals surface area contributed by atoms with Gasteiger partial charge in [-0.1, -0.05) is 0 Å². The highest BCUT2D eigenvalue weighted by atomic mass is 32.1. The van der Waals surface area contributed by atoms with E-state index in [4.69, 9.17) is 14.2 Å². The molecule has 0 saturated heterocycles. The molecule has 0 amide bonds. The van der Waals surface area contributed by atoms with Gasteiger partial charge in [0.15, 0.2) is 18.1 Å². The molecule has 0 unspecified atom stereocenters. The number of benzene rings is 1. The molecule has 32 heavy (non-hydrogen) atoms.